The van der Waals surface area contributed by atoms with E-state index in [1.807, 2.05) is 6.92 Å². The number of nitrogens with one attached hydrogen (secondary N) is 2. The average Bonchev–Trinajstić information content (AvgIpc) is 3.47. The van der Waals surface area contributed by atoms with Gasteiger partial charge >= 0.3 is 0 Å². The second-order valence-electron chi connectivity index (χ2n) is 9.70. The summed E-state index contributed by atoms with van der Waals surface area (Å²) in [4.78, 5) is 25.7. The molecule has 1 aliphatic rings. The van der Waals surface area contributed by atoms with E-state index >= 15 is 0 Å². The molecule has 1 amide bonds. The Morgan fingerprint density at radius 2 is 1.93 bits per heavy atom. The maximum atomic E-state index is 13.5. The van der Waals surface area contributed by atoms with E-state index in [1.54, 1.807) is 41.2 Å². The number of rotatable bonds is 8. The van der Waals surface area contributed by atoms with E-state index in [0.29, 0.717) is 30.5 Å². The second kappa shape index (κ2) is 14.5. The van der Waals surface area contributed by atoms with Crippen LogP contribution in [0.3, 0.4) is 0 Å². The van der Waals surface area contributed by atoms with Gasteiger partial charge in [0.05, 0.1) is 4.90 Å². The van der Waals surface area contributed by atoms with Crippen LogP contribution in [0, 0.1) is 12.7 Å². The number of amides is 1. The minimum atomic E-state index is -4.00. The summed E-state index contributed by atoms with van der Waals surface area (Å²) in [7, 11) is -4.00. The number of benzene rings is 2. The Balaban J connectivity index is 0.000000359. The lowest BCUT2D eigenvalue weighted by atomic mass is 10.1. The number of nitrogens with two attached hydrogens (primary N) is 1. The normalized spacial score (nSPS) is 14.3. The number of aromatic nitrogens is 4. The van der Waals surface area contributed by atoms with E-state index in [9.17, 15) is 17.6 Å². The monoisotopic (exact) mass is 631 g/mol. The van der Waals surface area contributed by atoms with E-state index in [4.69, 9.17) is 26.6 Å². The van der Waals surface area contributed by atoms with Crippen molar-refractivity contribution in [3.05, 3.63) is 94.9 Å². The van der Waals surface area contributed by atoms with Gasteiger partial charge in [0, 0.05) is 54.8 Å². The Labute approximate surface area is 253 Å². The third-order valence-corrected chi connectivity index (χ3v) is 7.48. The molecule has 5 N–H and O–H groups in total. The first kappa shape index (κ1) is 32.0. The average molecular weight is 632 g/mol. The van der Waals surface area contributed by atoms with Gasteiger partial charge in [0.15, 0.2) is 0 Å². The highest BCUT2D eigenvalue weighted by Crippen LogP contribution is 2.19. The van der Waals surface area contributed by atoms with Gasteiger partial charge in [0.25, 0.3) is 16.0 Å². The van der Waals surface area contributed by atoms with Gasteiger partial charge in [-0.2, -0.15) is 13.4 Å². The summed E-state index contributed by atoms with van der Waals surface area (Å²) in [6.07, 6.45) is 6.63. The number of aryl methyl sites for hydroxylation is 1. The quantitative estimate of drug-likeness (QED) is 0.210. The fourth-order valence-electron chi connectivity index (χ4n) is 4.14. The van der Waals surface area contributed by atoms with Crippen LogP contribution in [-0.2, 0) is 14.9 Å². The van der Waals surface area contributed by atoms with E-state index in [-0.39, 0.29) is 28.2 Å². The summed E-state index contributed by atoms with van der Waals surface area (Å²) in [6.45, 7) is 3.41. The van der Waals surface area contributed by atoms with Gasteiger partial charge in [-0.3, -0.25) is 13.9 Å². The summed E-state index contributed by atoms with van der Waals surface area (Å²) in [5, 5.41) is 6.30. The summed E-state index contributed by atoms with van der Waals surface area (Å²) in [5.41, 5.74) is 7.60. The molecule has 1 atom stereocenters. The molecule has 15 heteroatoms. The van der Waals surface area contributed by atoms with Crippen LogP contribution >= 0.6 is 11.6 Å². The Hall–Kier alpha value is -3.95. The molecule has 43 heavy (non-hydrogen) atoms. The third-order valence-electron chi connectivity index (χ3n) is 6.40. The van der Waals surface area contributed by atoms with Gasteiger partial charge in [0.1, 0.15) is 23.7 Å². The van der Waals surface area contributed by atoms with Crippen molar-refractivity contribution in [2.45, 2.75) is 36.7 Å². The molecule has 0 spiro atoms. The first-order valence-corrected chi connectivity index (χ1v) is 15.1. The van der Waals surface area contributed by atoms with Crippen molar-refractivity contribution < 1.29 is 26.9 Å². The molecule has 0 radical (unpaired) electrons. The molecule has 1 aliphatic heterocycles. The third kappa shape index (κ3) is 9.27. The molecule has 1 saturated heterocycles. The van der Waals surface area contributed by atoms with Gasteiger partial charge < -0.3 is 21.1 Å². The Morgan fingerprint density at radius 3 is 2.58 bits per heavy atom. The van der Waals surface area contributed by atoms with Crippen molar-refractivity contribution in [1.82, 2.24) is 24.8 Å². The highest BCUT2D eigenvalue weighted by molar-refractivity contribution is 7.85. The number of imidazole rings is 1. The highest BCUT2D eigenvalue weighted by Gasteiger charge is 2.17. The zero-order chi connectivity index (χ0) is 31.0. The minimum absolute atomic E-state index is 0.0741. The van der Waals surface area contributed by atoms with E-state index < -0.39 is 27.9 Å². The molecule has 2 aromatic heterocycles. The smallest absolute Gasteiger partial charge is 0.294 e. The Bertz CT molecular complexity index is 1630. The Morgan fingerprint density at radius 1 is 1.21 bits per heavy atom. The van der Waals surface area contributed by atoms with Crippen LogP contribution in [-0.4, -0.2) is 64.2 Å². The van der Waals surface area contributed by atoms with Gasteiger partial charge in [-0.15, -0.1) is 0 Å². The number of nitrogens with zero attached hydrogens (tertiary/aromatic N) is 4. The molecule has 228 valence electrons. The highest BCUT2D eigenvalue weighted by atomic mass is 35.5. The van der Waals surface area contributed by atoms with Crippen molar-refractivity contribution in [2.24, 2.45) is 5.73 Å². The number of carbonyl (C=O) groups excluding carboxylic acids is 1. The van der Waals surface area contributed by atoms with Gasteiger partial charge in [-0.25, -0.2) is 14.4 Å². The fraction of sp³-hybridized carbons (Fsp3) is 0.286. The van der Waals surface area contributed by atoms with E-state index in [0.717, 1.165) is 18.4 Å². The minimum Gasteiger partial charge on any atom is -0.381 e. The predicted molar refractivity (Wildman–Crippen MR) is 158 cm³/mol. The van der Waals surface area contributed by atoms with Crippen LogP contribution in [0.4, 0.5) is 10.3 Å². The molecule has 3 heterocycles. The maximum absolute atomic E-state index is 13.5. The van der Waals surface area contributed by atoms with Crippen molar-refractivity contribution in [1.29, 1.82) is 0 Å². The molecule has 0 aliphatic carbocycles. The van der Waals surface area contributed by atoms with Crippen LogP contribution in [0.2, 0.25) is 5.02 Å². The van der Waals surface area contributed by atoms with Crippen molar-refractivity contribution in [3.63, 3.8) is 0 Å². The number of carbonyl (C=O) groups is 1. The van der Waals surface area contributed by atoms with Gasteiger partial charge in [0.2, 0.25) is 5.95 Å². The van der Waals surface area contributed by atoms with Gasteiger partial charge in [-0.05, 0) is 55.7 Å². The maximum Gasteiger partial charge on any atom is 0.294 e. The zero-order valence-corrected chi connectivity index (χ0v) is 24.7. The number of hydrogen-bond acceptors (Lipinski definition) is 9. The molecule has 12 nitrogen and oxygen atoms in total. The molecular formula is C28H31ClFN7O5S. The molecule has 5 rings (SSSR count). The van der Waals surface area contributed by atoms with Gasteiger partial charge in [-0.1, -0.05) is 29.8 Å². The standard InChI is InChI=1S/C22H25ClFN7O2.C6H6O3S/c1-13-9-27-22(29-17-2-4-33-5-3-17)30-20(13)31-11-19(28-12-31)21(32)26-10-18(25)14-6-15(23)8-16(24)7-14;7-10(8,9)6-4-2-1-3-5-6/h6-9,11-12,17-18H,2-5,10,25H2,1H3,(H,26,32)(H,27,29,30);1-5H,(H,7,8,9)/t18-;/m1./s1. The first-order chi connectivity index (χ1) is 20.5. The van der Waals surface area contributed by atoms with Crippen molar-refractivity contribution >= 4 is 33.6 Å². The molecule has 0 saturated carbocycles. The zero-order valence-electron chi connectivity index (χ0n) is 23.2. The molecular weight excluding hydrogens is 601 g/mol. The summed E-state index contributed by atoms with van der Waals surface area (Å²) >= 11 is 5.88. The largest absolute Gasteiger partial charge is 0.381 e. The SMILES string of the molecule is Cc1cnc(NC2CCOCC2)nc1-n1cnc(C(=O)NC[C@@H](N)c2cc(F)cc(Cl)c2)c1.O=S(=O)(O)c1ccccc1. The second-order valence-corrected chi connectivity index (χ2v) is 11.6. The van der Waals surface area contributed by atoms with Crippen molar-refractivity contribution in [3.8, 4) is 5.82 Å². The van der Waals surface area contributed by atoms with Crippen molar-refractivity contribution in [2.75, 3.05) is 25.1 Å². The van der Waals surface area contributed by atoms with Crippen LogP contribution in [0.5, 0.6) is 0 Å². The van der Waals surface area contributed by atoms with E-state index in [1.165, 1.54) is 30.6 Å². The number of halogens is 2. The number of ether oxygens (including phenoxy) is 1. The van der Waals surface area contributed by atoms with Crippen LogP contribution in [0.15, 0.2) is 72.1 Å². The number of anilines is 1. The van der Waals surface area contributed by atoms with E-state index in [2.05, 4.69) is 25.6 Å². The lowest BCUT2D eigenvalue weighted by Gasteiger charge is -2.23. The molecule has 0 unspecified atom stereocenters. The lowest BCUT2D eigenvalue weighted by Crippen LogP contribution is -2.32. The van der Waals surface area contributed by atoms with Crippen LogP contribution in [0.1, 0.15) is 40.5 Å². The summed E-state index contributed by atoms with van der Waals surface area (Å²) in [6, 6.07) is 11.1. The first-order valence-electron chi connectivity index (χ1n) is 13.2. The van der Waals surface area contributed by atoms with Crippen LogP contribution < -0.4 is 16.4 Å². The number of hydrogen-bond donors (Lipinski definition) is 4. The predicted octanol–water partition coefficient (Wildman–Crippen LogP) is 3.72. The molecule has 1 fully saturated rings. The summed E-state index contributed by atoms with van der Waals surface area (Å²) in [5.74, 6) is 0.252. The van der Waals surface area contributed by atoms with Crippen LogP contribution in [0.25, 0.3) is 5.82 Å². The molecule has 4 aromatic rings. The lowest BCUT2D eigenvalue weighted by molar-refractivity contribution is 0.0903. The fourth-order valence-corrected chi connectivity index (χ4v) is 4.87. The molecule has 2 aromatic carbocycles. The Kier molecular flexibility index (Phi) is 10.8. The summed E-state index contributed by atoms with van der Waals surface area (Å²) < 4.78 is 49.8. The molecule has 0 bridgehead atoms. The topological polar surface area (TPSA) is 174 Å².